The molecule has 132 valence electrons. The summed E-state index contributed by atoms with van der Waals surface area (Å²) in [5.41, 5.74) is 4.13. The minimum absolute atomic E-state index is 0.312. The lowest BCUT2D eigenvalue weighted by Crippen LogP contribution is -1.91. The first-order valence-electron chi connectivity index (χ1n) is 8.42. The minimum atomic E-state index is -0.312. The van der Waals surface area contributed by atoms with Crippen molar-refractivity contribution in [2.75, 3.05) is 0 Å². The number of rotatable bonds is 4. The Morgan fingerprint density at radius 2 is 1.81 bits per heavy atom. The molecule has 0 aliphatic heterocycles. The van der Waals surface area contributed by atoms with Crippen LogP contribution in [0.2, 0.25) is 0 Å². The highest BCUT2D eigenvalue weighted by molar-refractivity contribution is 5.69. The monoisotopic (exact) mass is 357 g/mol. The van der Waals surface area contributed by atoms with E-state index in [0.717, 1.165) is 28.3 Å². The summed E-state index contributed by atoms with van der Waals surface area (Å²) >= 11 is 0. The largest absolute Gasteiger partial charge is 0.342 e. The van der Waals surface area contributed by atoms with Crippen LogP contribution < -0.4 is 0 Å². The molecular formula is C21H16FN5. The fraction of sp³-hybridized carbons (Fsp3) is 0.0476. The second kappa shape index (κ2) is 7.29. The Bertz CT molecular complexity index is 1090. The molecule has 0 saturated carbocycles. The number of hydrogen-bond donors (Lipinski definition) is 1. The summed E-state index contributed by atoms with van der Waals surface area (Å²) in [6, 6.07) is 10.1. The van der Waals surface area contributed by atoms with E-state index in [4.69, 9.17) is 0 Å². The summed E-state index contributed by atoms with van der Waals surface area (Å²) in [7, 11) is 0. The fourth-order valence-electron chi connectivity index (χ4n) is 2.72. The Kier molecular flexibility index (Phi) is 4.53. The number of nitrogens with one attached hydrogen (secondary N) is 1. The van der Waals surface area contributed by atoms with Crippen LogP contribution in [-0.2, 0) is 0 Å². The third-order valence-corrected chi connectivity index (χ3v) is 4.03. The first-order valence-corrected chi connectivity index (χ1v) is 8.42. The van der Waals surface area contributed by atoms with Gasteiger partial charge in [-0.1, -0.05) is 18.2 Å². The van der Waals surface area contributed by atoms with E-state index in [2.05, 4.69) is 24.9 Å². The lowest BCUT2D eigenvalue weighted by molar-refractivity contribution is 0.628. The van der Waals surface area contributed by atoms with Crippen molar-refractivity contribution >= 4 is 12.2 Å². The highest BCUT2D eigenvalue weighted by atomic mass is 19.1. The summed E-state index contributed by atoms with van der Waals surface area (Å²) in [5.74, 6) is 0.900. The number of hydrogen-bond acceptors (Lipinski definition) is 4. The van der Waals surface area contributed by atoms with E-state index in [1.165, 1.54) is 12.1 Å². The summed E-state index contributed by atoms with van der Waals surface area (Å²) in [6.45, 7) is 1.95. The number of nitrogens with zero attached hydrogens (tertiary/aromatic N) is 4. The maximum atomic E-state index is 13.4. The van der Waals surface area contributed by atoms with Crippen LogP contribution in [0.4, 0.5) is 4.39 Å². The standard InChI is InChI=1S/C21H16FN5/c1-14-20(27-19(26-14)8-7-15-4-3-9-23-11-15)17-12-24-21(25-13-17)16-5-2-6-18(22)10-16/h2-13H,1H3,(H,26,27). The predicted molar refractivity (Wildman–Crippen MR) is 103 cm³/mol. The minimum Gasteiger partial charge on any atom is -0.342 e. The van der Waals surface area contributed by atoms with Crippen LogP contribution in [0, 0.1) is 12.7 Å². The van der Waals surface area contributed by atoms with E-state index < -0.39 is 0 Å². The number of aromatic amines is 1. The van der Waals surface area contributed by atoms with Gasteiger partial charge in [0.1, 0.15) is 11.6 Å². The normalized spacial score (nSPS) is 11.2. The van der Waals surface area contributed by atoms with Crippen LogP contribution in [0.1, 0.15) is 17.1 Å². The van der Waals surface area contributed by atoms with Crippen LogP contribution in [0.25, 0.3) is 34.8 Å². The lowest BCUT2D eigenvalue weighted by Gasteiger charge is -2.02. The van der Waals surface area contributed by atoms with Gasteiger partial charge >= 0.3 is 0 Å². The second-order valence-electron chi connectivity index (χ2n) is 6.02. The molecule has 0 unspecified atom stereocenters. The molecule has 0 fully saturated rings. The van der Waals surface area contributed by atoms with Crippen molar-refractivity contribution in [3.8, 4) is 22.6 Å². The highest BCUT2D eigenvalue weighted by Gasteiger charge is 2.10. The van der Waals surface area contributed by atoms with E-state index >= 15 is 0 Å². The van der Waals surface area contributed by atoms with Crippen molar-refractivity contribution < 1.29 is 4.39 Å². The van der Waals surface area contributed by atoms with E-state index in [1.54, 1.807) is 36.9 Å². The number of aryl methyl sites for hydroxylation is 1. The molecule has 1 N–H and O–H groups in total. The quantitative estimate of drug-likeness (QED) is 0.582. The van der Waals surface area contributed by atoms with E-state index in [0.29, 0.717) is 11.4 Å². The van der Waals surface area contributed by atoms with Crippen molar-refractivity contribution in [2.45, 2.75) is 6.92 Å². The summed E-state index contributed by atoms with van der Waals surface area (Å²) < 4.78 is 13.4. The molecule has 0 amide bonds. The zero-order chi connectivity index (χ0) is 18.6. The molecule has 4 aromatic rings. The van der Waals surface area contributed by atoms with Crippen LogP contribution in [0.15, 0.2) is 61.2 Å². The van der Waals surface area contributed by atoms with Crippen LogP contribution in [0.3, 0.4) is 0 Å². The molecular weight excluding hydrogens is 341 g/mol. The predicted octanol–water partition coefficient (Wildman–Crippen LogP) is 4.55. The Morgan fingerprint density at radius 1 is 0.963 bits per heavy atom. The lowest BCUT2D eigenvalue weighted by atomic mass is 10.2. The maximum absolute atomic E-state index is 13.4. The Hall–Kier alpha value is -3.67. The molecule has 3 aromatic heterocycles. The SMILES string of the molecule is Cc1[nH]c(C=Cc2cccnc2)nc1-c1cnc(-c2cccc(F)c2)nc1. The summed E-state index contributed by atoms with van der Waals surface area (Å²) in [6.07, 6.45) is 10.8. The number of benzene rings is 1. The molecule has 0 aliphatic carbocycles. The first kappa shape index (κ1) is 16.8. The molecule has 0 atom stereocenters. The molecule has 27 heavy (non-hydrogen) atoms. The van der Waals surface area contributed by atoms with Crippen molar-refractivity contribution in [3.63, 3.8) is 0 Å². The van der Waals surface area contributed by atoms with Crippen molar-refractivity contribution in [1.29, 1.82) is 0 Å². The average Bonchev–Trinajstić information content (AvgIpc) is 3.08. The third-order valence-electron chi connectivity index (χ3n) is 4.03. The third kappa shape index (κ3) is 3.79. The second-order valence-corrected chi connectivity index (χ2v) is 6.02. The molecule has 1 aromatic carbocycles. The topological polar surface area (TPSA) is 67.3 Å². The van der Waals surface area contributed by atoms with Gasteiger partial charge in [-0.3, -0.25) is 4.98 Å². The van der Waals surface area contributed by atoms with Gasteiger partial charge < -0.3 is 4.98 Å². The van der Waals surface area contributed by atoms with E-state index in [1.807, 2.05) is 31.2 Å². The molecule has 0 radical (unpaired) electrons. The summed E-state index contributed by atoms with van der Waals surface area (Å²) in [5, 5.41) is 0. The number of aromatic nitrogens is 5. The first-order chi connectivity index (χ1) is 13.2. The fourth-order valence-corrected chi connectivity index (χ4v) is 2.72. The van der Waals surface area contributed by atoms with Crippen molar-refractivity contribution in [1.82, 2.24) is 24.9 Å². The Balaban J connectivity index is 1.58. The van der Waals surface area contributed by atoms with Crippen LogP contribution in [-0.4, -0.2) is 24.9 Å². The molecule has 6 heteroatoms. The van der Waals surface area contributed by atoms with Gasteiger partial charge in [-0.25, -0.2) is 19.3 Å². The van der Waals surface area contributed by atoms with Crippen LogP contribution >= 0.6 is 0 Å². The molecule has 0 spiro atoms. The van der Waals surface area contributed by atoms with Gasteiger partial charge in [-0.2, -0.15) is 0 Å². The molecule has 3 heterocycles. The molecule has 0 aliphatic rings. The van der Waals surface area contributed by atoms with Gasteiger partial charge in [0, 0.05) is 41.6 Å². The number of imidazole rings is 1. The maximum Gasteiger partial charge on any atom is 0.159 e. The average molecular weight is 357 g/mol. The summed E-state index contributed by atoms with van der Waals surface area (Å²) in [4.78, 5) is 20.6. The van der Waals surface area contributed by atoms with E-state index in [-0.39, 0.29) is 5.82 Å². The van der Waals surface area contributed by atoms with Gasteiger partial charge in [0.2, 0.25) is 0 Å². The van der Waals surface area contributed by atoms with Gasteiger partial charge in [-0.15, -0.1) is 0 Å². The smallest absolute Gasteiger partial charge is 0.159 e. The van der Waals surface area contributed by atoms with Gasteiger partial charge in [0.15, 0.2) is 5.82 Å². The molecule has 0 bridgehead atoms. The van der Waals surface area contributed by atoms with Crippen LogP contribution in [0.5, 0.6) is 0 Å². The van der Waals surface area contributed by atoms with Crippen molar-refractivity contribution in [3.05, 3.63) is 84.1 Å². The Labute approximate surface area is 155 Å². The van der Waals surface area contributed by atoms with Gasteiger partial charge in [0.25, 0.3) is 0 Å². The Morgan fingerprint density at radius 3 is 2.56 bits per heavy atom. The number of pyridine rings is 1. The highest BCUT2D eigenvalue weighted by Crippen LogP contribution is 2.22. The zero-order valence-electron chi connectivity index (χ0n) is 14.6. The van der Waals surface area contributed by atoms with E-state index in [9.17, 15) is 4.39 Å². The number of H-pyrrole nitrogens is 1. The van der Waals surface area contributed by atoms with Crippen molar-refractivity contribution in [2.24, 2.45) is 0 Å². The molecule has 0 saturated heterocycles. The molecule has 4 rings (SSSR count). The van der Waals surface area contributed by atoms with Gasteiger partial charge in [-0.05, 0) is 42.8 Å². The molecule has 5 nitrogen and oxygen atoms in total. The van der Waals surface area contributed by atoms with Gasteiger partial charge in [0.05, 0.1) is 5.69 Å². The zero-order valence-corrected chi connectivity index (χ0v) is 14.6. The number of halogens is 1.